The zero-order valence-corrected chi connectivity index (χ0v) is 19.2. The van der Waals surface area contributed by atoms with Crippen LogP contribution in [0.3, 0.4) is 0 Å². The zero-order valence-electron chi connectivity index (χ0n) is 17.4. The molecule has 3 rings (SSSR count). The summed E-state index contributed by atoms with van der Waals surface area (Å²) in [4.78, 5) is 9.33. The molecule has 0 aromatic carbocycles. The van der Waals surface area contributed by atoms with Crippen LogP contribution in [0.1, 0.15) is 44.9 Å². The van der Waals surface area contributed by atoms with E-state index in [-0.39, 0.29) is 7.61 Å². The van der Waals surface area contributed by atoms with Crippen LogP contribution >= 0.6 is 14.2 Å². The fraction of sp³-hybridized carbons (Fsp3) is 0.900. The van der Waals surface area contributed by atoms with Gasteiger partial charge in [0.1, 0.15) is 6.54 Å². The van der Waals surface area contributed by atoms with E-state index in [9.17, 15) is 0 Å². The minimum Gasteiger partial charge on any atom is -0.298 e. The molecular weight excluding hydrogens is 358 g/mol. The van der Waals surface area contributed by atoms with Gasteiger partial charge in [-0.3, -0.25) is 15.1 Å². The van der Waals surface area contributed by atoms with E-state index in [2.05, 4.69) is 40.1 Å². The van der Waals surface area contributed by atoms with E-state index in [1.54, 1.807) is 10.9 Å². The molecule has 2 saturated heterocycles. The van der Waals surface area contributed by atoms with Crippen molar-refractivity contribution in [3.05, 3.63) is 0 Å². The second-order valence-electron chi connectivity index (χ2n) is 8.69. The first-order valence-electron chi connectivity index (χ1n) is 10.8. The van der Waals surface area contributed by atoms with Gasteiger partial charge in [0.2, 0.25) is 0 Å². The van der Waals surface area contributed by atoms with Gasteiger partial charge in [0, 0.05) is 32.5 Å². The lowest BCUT2D eigenvalue weighted by molar-refractivity contribution is -0.455. The molecule has 0 amide bonds. The maximum Gasteiger partial charge on any atom is 0.189 e. The van der Waals surface area contributed by atoms with Gasteiger partial charge in [-0.2, -0.15) is 0 Å². The van der Waals surface area contributed by atoms with Crippen LogP contribution in [0.5, 0.6) is 0 Å². The molecule has 6 heteroatoms. The SMILES string of the molecule is CP1C(CN2CCCCC2)=[NH+]CCCNC(CN2CCCCC2)=P1(C)C. The molecule has 0 aromatic heterocycles. The average Bonchev–Trinajstić information content (AvgIpc) is 2.70. The van der Waals surface area contributed by atoms with Gasteiger partial charge in [0.15, 0.2) is 5.45 Å². The molecule has 3 heterocycles. The first-order chi connectivity index (χ1) is 12.6. The molecule has 0 saturated carbocycles. The van der Waals surface area contributed by atoms with Crippen LogP contribution in [0.25, 0.3) is 0 Å². The fourth-order valence-corrected chi connectivity index (χ4v) is 10.8. The van der Waals surface area contributed by atoms with E-state index in [1.165, 1.54) is 84.2 Å². The van der Waals surface area contributed by atoms with Crippen LogP contribution in [0.15, 0.2) is 0 Å². The number of hydrogen-bond acceptors (Lipinski definition) is 3. The molecule has 0 spiro atoms. The number of rotatable bonds is 4. The molecule has 3 aliphatic rings. The first kappa shape index (κ1) is 21.0. The summed E-state index contributed by atoms with van der Waals surface area (Å²) in [6.45, 7) is 16.5. The summed E-state index contributed by atoms with van der Waals surface area (Å²) >= 11 is 0. The van der Waals surface area contributed by atoms with Crippen molar-refractivity contribution in [3.8, 4) is 0 Å². The van der Waals surface area contributed by atoms with Crippen molar-refractivity contribution < 1.29 is 4.99 Å². The highest BCUT2D eigenvalue weighted by atomic mass is 32.1. The summed E-state index contributed by atoms with van der Waals surface area (Å²) in [7, 11) is -0.101. The zero-order chi connectivity index (χ0) is 18.4. The summed E-state index contributed by atoms with van der Waals surface area (Å²) in [6.07, 6.45) is 9.65. The average molecular weight is 400 g/mol. The van der Waals surface area contributed by atoms with E-state index >= 15 is 0 Å². The van der Waals surface area contributed by atoms with Gasteiger partial charge in [-0.25, -0.2) is 4.99 Å². The Morgan fingerprint density at radius 2 is 1.46 bits per heavy atom. The van der Waals surface area contributed by atoms with Gasteiger partial charge in [-0.1, -0.05) is 19.4 Å². The molecule has 2 fully saturated rings. The molecule has 0 bridgehead atoms. The lowest BCUT2D eigenvalue weighted by Crippen LogP contribution is -2.74. The Labute approximate surface area is 162 Å². The lowest BCUT2D eigenvalue weighted by Gasteiger charge is -2.34. The predicted octanol–water partition coefficient (Wildman–Crippen LogP) is 1.86. The normalized spacial score (nSPS) is 29.6. The van der Waals surface area contributed by atoms with Crippen LogP contribution < -0.4 is 10.3 Å². The van der Waals surface area contributed by atoms with Gasteiger partial charge in [-0.15, -0.1) is 0 Å². The first-order valence-corrected chi connectivity index (χ1v) is 16.0. The summed E-state index contributed by atoms with van der Waals surface area (Å²) in [6, 6.07) is 0. The smallest absolute Gasteiger partial charge is 0.189 e. The monoisotopic (exact) mass is 399 g/mol. The van der Waals surface area contributed by atoms with Crippen molar-refractivity contribution in [2.24, 2.45) is 0 Å². The predicted molar refractivity (Wildman–Crippen MR) is 121 cm³/mol. The molecule has 0 radical (unpaired) electrons. The second-order valence-corrected chi connectivity index (χ2v) is 18.4. The maximum atomic E-state index is 3.93. The largest absolute Gasteiger partial charge is 0.298 e. The van der Waals surface area contributed by atoms with Crippen LogP contribution in [-0.2, 0) is 0 Å². The van der Waals surface area contributed by atoms with Crippen molar-refractivity contribution in [1.29, 1.82) is 0 Å². The third-order valence-corrected chi connectivity index (χ3v) is 16.6. The van der Waals surface area contributed by atoms with Crippen molar-refractivity contribution in [2.75, 3.05) is 72.4 Å². The molecule has 0 aliphatic carbocycles. The Bertz CT molecular complexity index is 528. The standard InChI is InChI=1S/C20H40N4P2/c1-25-19(17-23-13-6-4-7-14-23)21-11-10-12-22-20(26(25,2)3)18-24-15-8-5-9-16-24/h22H,4-18H2,1-3H3/p+1. The molecule has 1 unspecified atom stereocenters. The Morgan fingerprint density at radius 3 is 2.08 bits per heavy atom. The molecule has 150 valence electrons. The van der Waals surface area contributed by atoms with Crippen molar-refractivity contribution in [2.45, 2.75) is 44.9 Å². The van der Waals surface area contributed by atoms with E-state index in [1.807, 2.05) is 0 Å². The third kappa shape index (κ3) is 5.65. The number of nitrogens with zero attached hydrogens (tertiary/aromatic N) is 2. The quantitative estimate of drug-likeness (QED) is 0.708. The summed E-state index contributed by atoms with van der Waals surface area (Å²) < 4.78 is 0. The van der Waals surface area contributed by atoms with Crippen LogP contribution in [-0.4, -0.2) is 93.0 Å². The van der Waals surface area contributed by atoms with E-state index < -0.39 is 6.57 Å². The molecule has 0 aromatic rings. The number of hydrogen-bond donors (Lipinski definition) is 2. The number of likely N-dealkylation sites (tertiary alicyclic amines) is 2. The highest BCUT2D eigenvalue weighted by Crippen LogP contribution is 2.70. The maximum absolute atomic E-state index is 3.93. The fourth-order valence-electron chi connectivity index (χ4n) is 4.39. The van der Waals surface area contributed by atoms with Gasteiger partial charge in [0.05, 0.1) is 6.54 Å². The highest BCUT2D eigenvalue weighted by molar-refractivity contribution is 8.43. The number of piperidine rings is 2. The topological polar surface area (TPSA) is 32.5 Å². The minimum atomic E-state index is -1.12. The van der Waals surface area contributed by atoms with Crippen LogP contribution in [0.2, 0.25) is 0 Å². The van der Waals surface area contributed by atoms with Crippen LogP contribution in [0, 0.1) is 0 Å². The molecule has 26 heavy (non-hydrogen) atoms. The van der Waals surface area contributed by atoms with Gasteiger partial charge in [0.25, 0.3) is 0 Å². The summed E-state index contributed by atoms with van der Waals surface area (Å²) in [5.41, 5.74) is 3.38. The van der Waals surface area contributed by atoms with Crippen molar-refractivity contribution >= 4 is 25.1 Å². The van der Waals surface area contributed by atoms with Crippen molar-refractivity contribution in [3.63, 3.8) is 0 Å². The van der Waals surface area contributed by atoms with Gasteiger partial charge < -0.3 is 0 Å². The van der Waals surface area contributed by atoms with Gasteiger partial charge >= 0.3 is 0 Å². The molecule has 2 N–H and O–H groups in total. The van der Waals surface area contributed by atoms with E-state index in [0.29, 0.717) is 0 Å². The van der Waals surface area contributed by atoms with E-state index in [0.717, 1.165) is 13.1 Å². The van der Waals surface area contributed by atoms with Crippen molar-refractivity contribution in [1.82, 2.24) is 15.1 Å². The Kier molecular flexibility index (Phi) is 8.21. The third-order valence-electron chi connectivity index (χ3n) is 6.46. The summed E-state index contributed by atoms with van der Waals surface area (Å²) in [5, 5.41) is 3.93. The molecule has 4 nitrogen and oxygen atoms in total. The van der Waals surface area contributed by atoms with Crippen LogP contribution in [0.4, 0.5) is 0 Å². The van der Waals surface area contributed by atoms with E-state index in [4.69, 9.17) is 0 Å². The summed E-state index contributed by atoms with van der Waals surface area (Å²) in [5.74, 6) is 0. The molecule has 1 atom stereocenters. The minimum absolute atomic E-state index is 0.101. The van der Waals surface area contributed by atoms with Gasteiger partial charge in [-0.05, 0) is 71.9 Å². The number of nitrogens with one attached hydrogen (secondary N) is 2. The highest BCUT2D eigenvalue weighted by Gasteiger charge is 2.31. The Balaban J connectivity index is 1.77. The molecule has 3 aliphatic heterocycles. The second kappa shape index (κ2) is 10.2. The Morgan fingerprint density at radius 1 is 0.885 bits per heavy atom. The lowest BCUT2D eigenvalue weighted by atomic mass is 10.1. The molecular formula is C20H41N4P2+. The Hall–Kier alpha value is 0.280.